The predicted octanol–water partition coefficient (Wildman–Crippen LogP) is 1.40. The Hall–Kier alpha value is -1.63. The maximum Gasteiger partial charge on any atom is 0.345 e. The molecule has 7 nitrogen and oxygen atoms in total. The average Bonchev–Trinajstić information content (AvgIpc) is 3.22. The lowest BCUT2D eigenvalue weighted by atomic mass is 9.95. The van der Waals surface area contributed by atoms with Crippen molar-refractivity contribution in [3.63, 3.8) is 0 Å². The Bertz CT molecular complexity index is 636. The van der Waals surface area contributed by atoms with E-state index in [2.05, 4.69) is 22.2 Å². The number of hydrogen-bond acceptors (Lipinski definition) is 4. The predicted molar refractivity (Wildman–Crippen MR) is 96.7 cm³/mol. The molecule has 25 heavy (non-hydrogen) atoms. The van der Waals surface area contributed by atoms with Crippen molar-refractivity contribution in [1.82, 2.24) is 24.6 Å². The first-order chi connectivity index (χ1) is 12.1. The van der Waals surface area contributed by atoms with Crippen LogP contribution in [0.5, 0.6) is 0 Å². The number of carbonyl (C=O) groups is 1. The number of piperidine rings is 1. The minimum absolute atomic E-state index is 0.0308. The highest BCUT2D eigenvalue weighted by molar-refractivity contribution is 5.77. The number of aromatic nitrogens is 3. The molecule has 140 valence electrons. The molecule has 1 saturated carbocycles. The second-order valence-corrected chi connectivity index (χ2v) is 7.47. The summed E-state index contributed by atoms with van der Waals surface area (Å²) in [5.74, 6) is 1.40. The van der Waals surface area contributed by atoms with Crippen LogP contribution in [-0.2, 0) is 11.8 Å². The first-order valence-electron chi connectivity index (χ1n) is 9.74. The third kappa shape index (κ3) is 4.14. The number of likely N-dealkylation sites (tertiary alicyclic amines) is 1. The second-order valence-electron chi connectivity index (χ2n) is 7.47. The first kappa shape index (κ1) is 18.2. The van der Waals surface area contributed by atoms with E-state index in [0.29, 0.717) is 18.5 Å². The van der Waals surface area contributed by atoms with Gasteiger partial charge in [0.1, 0.15) is 5.82 Å². The van der Waals surface area contributed by atoms with E-state index in [9.17, 15) is 9.59 Å². The van der Waals surface area contributed by atoms with Crippen molar-refractivity contribution in [2.75, 3.05) is 26.2 Å². The van der Waals surface area contributed by atoms with Crippen LogP contribution in [0.25, 0.3) is 0 Å². The molecule has 1 aliphatic carbocycles. The maximum absolute atomic E-state index is 12.5. The Morgan fingerprint density at radius 3 is 2.52 bits per heavy atom. The quantitative estimate of drug-likeness (QED) is 0.843. The molecule has 3 rings (SSSR count). The fourth-order valence-electron chi connectivity index (χ4n) is 4.16. The third-order valence-electron chi connectivity index (χ3n) is 5.56. The lowest BCUT2D eigenvalue weighted by molar-refractivity contribution is -0.122. The number of nitrogens with zero attached hydrogens (tertiary/aromatic N) is 4. The summed E-state index contributed by atoms with van der Waals surface area (Å²) in [5.41, 5.74) is 0.0308. The minimum atomic E-state index is 0.0308. The minimum Gasteiger partial charge on any atom is -0.355 e. The second kappa shape index (κ2) is 8.17. The number of amides is 1. The summed E-state index contributed by atoms with van der Waals surface area (Å²) in [6.07, 6.45) is 7.48. The highest BCUT2D eigenvalue weighted by Gasteiger charge is 2.30. The molecule has 1 amide bonds. The van der Waals surface area contributed by atoms with Crippen molar-refractivity contribution >= 4 is 5.91 Å². The van der Waals surface area contributed by atoms with Crippen molar-refractivity contribution in [1.29, 1.82) is 0 Å². The van der Waals surface area contributed by atoms with E-state index in [1.54, 1.807) is 7.05 Å². The first-order valence-corrected chi connectivity index (χ1v) is 9.74. The van der Waals surface area contributed by atoms with Gasteiger partial charge in [-0.15, -0.1) is 0 Å². The van der Waals surface area contributed by atoms with Gasteiger partial charge in [0.05, 0.1) is 6.54 Å². The van der Waals surface area contributed by atoms with Crippen molar-refractivity contribution in [2.24, 2.45) is 7.05 Å². The molecule has 2 heterocycles. The highest BCUT2D eigenvalue weighted by atomic mass is 16.2. The fourth-order valence-corrected chi connectivity index (χ4v) is 4.16. The van der Waals surface area contributed by atoms with E-state index in [0.717, 1.165) is 57.6 Å². The molecule has 7 heteroatoms. The summed E-state index contributed by atoms with van der Waals surface area (Å²) in [6, 6.07) is 0.328. The zero-order valence-electron chi connectivity index (χ0n) is 15.5. The molecule has 2 fully saturated rings. The largest absolute Gasteiger partial charge is 0.355 e. The van der Waals surface area contributed by atoms with Crippen LogP contribution < -0.4 is 11.0 Å². The van der Waals surface area contributed by atoms with Crippen molar-refractivity contribution < 1.29 is 4.79 Å². The van der Waals surface area contributed by atoms with E-state index in [-0.39, 0.29) is 11.6 Å². The molecule has 2 aliphatic rings. The monoisotopic (exact) mass is 349 g/mol. The topological polar surface area (TPSA) is 72.2 Å². The van der Waals surface area contributed by atoms with Crippen molar-refractivity contribution in [3.8, 4) is 0 Å². The SMILES string of the molecule is CCCNC(=O)CN1CCC(c2nn(C)c(=O)n2C2CCCC2)CC1. The average molecular weight is 349 g/mol. The lowest BCUT2D eigenvalue weighted by Gasteiger charge is -2.31. The van der Waals surface area contributed by atoms with Gasteiger partial charge in [0.15, 0.2) is 0 Å². The zero-order chi connectivity index (χ0) is 17.8. The Morgan fingerprint density at radius 1 is 1.20 bits per heavy atom. The van der Waals surface area contributed by atoms with E-state index >= 15 is 0 Å². The van der Waals surface area contributed by atoms with E-state index in [1.165, 1.54) is 17.5 Å². The fraction of sp³-hybridized carbons (Fsp3) is 0.833. The molecule has 0 atom stereocenters. The molecule has 0 unspecified atom stereocenters. The molecule has 1 aromatic heterocycles. The van der Waals surface area contributed by atoms with Gasteiger partial charge in [0.25, 0.3) is 0 Å². The Balaban J connectivity index is 1.62. The van der Waals surface area contributed by atoms with E-state index in [1.807, 2.05) is 4.57 Å². The smallest absolute Gasteiger partial charge is 0.345 e. The normalized spacial score (nSPS) is 20.2. The van der Waals surface area contributed by atoms with Crippen LogP contribution >= 0.6 is 0 Å². The summed E-state index contributed by atoms with van der Waals surface area (Å²) >= 11 is 0. The van der Waals surface area contributed by atoms with E-state index < -0.39 is 0 Å². The Labute approximate surface area is 149 Å². The number of aryl methyl sites for hydroxylation is 1. The number of hydrogen-bond donors (Lipinski definition) is 1. The van der Waals surface area contributed by atoms with Crippen LogP contribution in [0.1, 0.15) is 69.7 Å². The van der Waals surface area contributed by atoms with Crippen LogP contribution in [-0.4, -0.2) is 51.3 Å². The van der Waals surface area contributed by atoms with Crippen molar-refractivity contribution in [2.45, 2.75) is 63.8 Å². The van der Waals surface area contributed by atoms with Gasteiger partial charge in [-0.05, 0) is 45.2 Å². The molecule has 0 bridgehead atoms. The Kier molecular flexibility index (Phi) is 5.93. The highest BCUT2D eigenvalue weighted by Crippen LogP contribution is 2.33. The van der Waals surface area contributed by atoms with Gasteiger partial charge in [-0.1, -0.05) is 19.8 Å². The summed E-state index contributed by atoms with van der Waals surface area (Å²) < 4.78 is 3.47. The van der Waals surface area contributed by atoms with Gasteiger partial charge in [-0.2, -0.15) is 5.10 Å². The molecular formula is C18H31N5O2. The maximum atomic E-state index is 12.5. The molecule has 0 aromatic carbocycles. The number of rotatable bonds is 6. The molecule has 1 N–H and O–H groups in total. The van der Waals surface area contributed by atoms with Crippen LogP contribution in [0.2, 0.25) is 0 Å². The Morgan fingerprint density at radius 2 is 1.88 bits per heavy atom. The summed E-state index contributed by atoms with van der Waals surface area (Å²) in [4.78, 5) is 26.6. The molecule has 1 aromatic rings. The van der Waals surface area contributed by atoms with Crippen LogP contribution in [0, 0.1) is 0 Å². The number of carbonyl (C=O) groups excluding carboxylic acids is 1. The standard InChI is InChI=1S/C18H31N5O2/c1-3-10-19-16(24)13-22-11-8-14(9-12-22)17-20-21(2)18(25)23(17)15-6-4-5-7-15/h14-15H,3-13H2,1-2H3,(H,19,24). The summed E-state index contributed by atoms with van der Waals surface area (Å²) in [7, 11) is 1.75. The van der Waals surface area contributed by atoms with Gasteiger partial charge in [0.2, 0.25) is 5.91 Å². The van der Waals surface area contributed by atoms with Crippen LogP contribution in [0.4, 0.5) is 0 Å². The van der Waals surface area contributed by atoms with Gasteiger partial charge in [0, 0.05) is 25.6 Å². The lowest BCUT2D eigenvalue weighted by Crippen LogP contribution is -2.41. The zero-order valence-corrected chi connectivity index (χ0v) is 15.5. The van der Waals surface area contributed by atoms with Crippen molar-refractivity contribution in [3.05, 3.63) is 16.3 Å². The molecule has 1 saturated heterocycles. The van der Waals surface area contributed by atoms with E-state index in [4.69, 9.17) is 0 Å². The molecular weight excluding hydrogens is 318 g/mol. The van der Waals surface area contributed by atoms with Gasteiger partial charge in [-0.3, -0.25) is 14.3 Å². The number of nitrogens with one attached hydrogen (secondary N) is 1. The van der Waals surface area contributed by atoms with Gasteiger partial charge >= 0.3 is 5.69 Å². The molecule has 0 spiro atoms. The third-order valence-corrected chi connectivity index (χ3v) is 5.56. The molecule has 0 radical (unpaired) electrons. The summed E-state index contributed by atoms with van der Waals surface area (Å²) in [6.45, 7) is 5.06. The van der Waals surface area contributed by atoms with Crippen LogP contribution in [0.15, 0.2) is 4.79 Å². The van der Waals surface area contributed by atoms with Gasteiger partial charge in [-0.25, -0.2) is 9.48 Å². The molecule has 1 aliphatic heterocycles. The van der Waals surface area contributed by atoms with Gasteiger partial charge < -0.3 is 5.32 Å². The summed E-state index contributed by atoms with van der Waals surface area (Å²) in [5, 5.41) is 7.51. The van der Waals surface area contributed by atoms with Crippen LogP contribution in [0.3, 0.4) is 0 Å².